The summed E-state index contributed by atoms with van der Waals surface area (Å²) in [5, 5.41) is 3.23. The van der Waals surface area contributed by atoms with E-state index >= 15 is 0 Å². The number of imidazole rings is 1. The average molecular weight is 409 g/mol. The first kappa shape index (κ1) is 20.2. The van der Waals surface area contributed by atoms with E-state index in [-0.39, 0.29) is 29.7 Å². The van der Waals surface area contributed by atoms with Crippen LogP contribution in [-0.2, 0) is 4.79 Å². The van der Waals surface area contributed by atoms with Crippen molar-refractivity contribution < 1.29 is 14.0 Å². The van der Waals surface area contributed by atoms with Crippen LogP contribution in [0.4, 0.5) is 0 Å². The summed E-state index contributed by atoms with van der Waals surface area (Å²) in [6.07, 6.45) is 3.72. The third-order valence-electron chi connectivity index (χ3n) is 6.10. The number of likely N-dealkylation sites (tertiary alicyclic amines) is 1. The number of aromatic amines is 1. The zero-order valence-corrected chi connectivity index (χ0v) is 17.4. The quantitative estimate of drug-likeness (QED) is 0.647. The molecule has 2 unspecified atom stereocenters. The van der Waals surface area contributed by atoms with Gasteiger partial charge in [0.25, 0.3) is 5.91 Å². The summed E-state index contributed by atoms with van der Waals surface area (Å²) in [6.45, 7) is 5.35. The average Bonchev–Trinajstić information content (AvgIpc) is 3.46. The fraction of sp³-hybridized carbons (Fsp3) is 0.435. The highest BCUT2D eigenvalue weighted by Crippen LogP contribution is 2.27. The fourth-order valence-corrected chi connectivity index (χ4v) is 4.01. The first-order valence-corrected chi connectivity index (χ1v) is 10.6. The number of fused-ring (bicyclic) bond motifs is 1. The number of carbonyl (C=O) groups excluding carboxylic acids is 2. The molecule has 7 heteroatoms. The number of benzene rings is 1. The molecule has 0 spiro atoms. The van der Waals surface area contributed by atoms with Gasteiger partial charge in [0.1, 0.15) is 5.82 Å². The molecule has 1 fully saturated rings. The fourth-order valence-electron chi connectivity index (χ4n) is 4.01. The molecule has 2 N–H and O–H groups in total. The molecular formula is C23H28N4O3. The minimum absolute atomic E-state index is 0.0332. The zero-order valence-electron chi connectivity index (χ0n) is 17.4. The SMILES string of the molecule is CCC(C)C(NC(=O)C1CCN(C(=O)c2ccco2)CC1)c1nc2ccccc2[nH]1. The van der Waals surface area contributed by atoms with E-state index in [1.165, 1.54) is 6.26 Å². The van der Waals surface area contributed by atoms with Gasteiger partial charge < -0.3 is 19.6 Å². The van der Waals surface area contributed by atoms with Crippen LogP contribution in [0, 0.1) is 11.8 Å². The summed E-state index contributed by atoms with van der Waals surface area (Å²) in [6, 6.07) is 11.1. The van der Waals surface area contributed by atoms with Gasteiger partial charge in [-0.05, 0) is 43.0 Å². The van der Waals surface area contributed by atoms with Crippen LogP contribution in [0.25, 0.3) is 11.0 Å². The maximum absolute atomic E-state index is 13.0. The van der Waals surface area contributed by atoms with Crippen LogP contribution in [-0.4, -0.2) is 39.8 Å². The molecule has 2 amide bonds. The van der Waals surface area contributed by atoms with Gasteiger partial charge >= 0.3 is 0 Å². The van der Waals surface area contributed by atoms with Crippen LogP contribution < -0.4 is 5.32 Å². The van der Waals surface area contributed by atoms with Crippen LogP contribution in [0.5, 0.6) is 0 Å². The van der Waals surface area contributed by atoms with Gasteiger partial charge in [-0.1, -0.05) is 32.4 Å². The molecule has 1 saturated heterocycles. The molecule has 0 bridgehead atoms. The highest BCUT2D eigenvalue weighted by Gasteiger charge is 2.31. The van der Waals surface area contributed by atoms with Crippen molar-refractivity contribution in [2.24, 2.45) is 11.8 Å². The number of H-pyrrole nitrogens is 1. The Labute approximate surface area is 175 Å². The number of hydrogen-bond acceptors (Lipinski definition) is 4. The third-order valence-corrected chi connectivity index (χ3v) is 6.10. The van der Waals surface area contributed by atoms with E-state index in [2.05, 4.69) is 24.1 Å². The van der Waals surface area contributed by atoms with Crippen LogP contribution in [0.15, 0.2) is 47.1 Å². The summed E-state index contributed by atoms with van der Waals surface area (Å²) in [4.78, 5) is 35.3. The van der Waals surface area contributed by atoms with E-state index in [4.69, 9.17) is 9.40 Å². The Morgan fingerprint density at radius 3 is 2.67 bits per heavy atom. The van der Waals surface area contributed by atoms with Crippen LogP contribution in [0.2, 0.25) is 0 Å². The van der Waals surface area contributed by atoms with Gasteiger partial charge in [-0.15, -0.1) is 0 Å². The number of nitrogens with one attached hydrogen (secondary N) is 2. The Hall–Kier alpha value is -3.09. The summed E-state index contributed by atoms with van der Waals surface area (Å²) in [5.74, 6) is 1.20. The molecule has 158 valence electrons. The van der Waals surface area contributed by atoms with Crippen LogP contribution in [0.1, 0.15) is 55.5 Å². The van der Waals surface area contributed by atoms with Gasteiger partial charge in [0.05, 0.1) is 23.3 Å². The monoisotopic (exact) mass is 408 g/mol. The molecule has 4 rings (SSSR count). The topological polar surface area (TPSA) is 91.2 Å². The van der Waals surface area contributed by atoms with Gasteiger partial charge in [-0.3, -0.25) is 9.59 Å². The lowest BCUT2D eigenvalue weighted by molar-refractivity contribution is -0.127. The molecule has 2 atom stereocenters. The predicted octanol–water partition coefficient (Wildman–Crippen LogP) is 3.91. The number of rotatable bonds is 6. The first-order valence-electron chi connectivity index (χ1n) is 10.6. The maximum atomic E-state index is 13.0. The zero-order chi connectivity index (χ0) is 21.1. The number of furan rings is 1. The molecular weight excluding hydrogens is 380 g/mol. The van der Waals surface area contributed by atoms with Crippen molar-refractivity contribution in [3.63, 3.8) is 0 Å². The van der Waals surface area contributed by atoms with Gasteiger partial charge in [0.15, 0.2) is 5.76 Å². The molecule has 3 aromatic rings. The Balaban J connectivity index is 1.41. The Morgan fingerprint density at radius 1 is 1.23 bits per heavy atom. The summed E-state index contributed by atoms with van der Waals surface area (Å²) in [5.41, 5.74) is 1.87. The number of carbonyl (C=O) groups is 2. The van der Waals surface area contributed by atoms with Gasteiger partial charge in [0.2, 0.25) is 5.91 Å². The van der Waals surface area contributed by atoms with E-state index in [1.807, 2.05) is 24.3 Å². The molecule has 7 nitrogen and oxygen atoms in total. The van der Waals surface area contributed by atoms with E-state index in [0.717, 1.165) is 23.3 Å². The Morgan fingerprint density at radius 2 is 2.00 bits per heavy atom. The van der Waals surface area contributed by atoms with Crippen molar-refractivity contribution in [1.82, 2.24) is 20.2 Å². The normalized spacial score (nSPS) is 17.1. The Bertz CT molecular complexity index is 970. The number of aromatic nitrogens is 2. The maximum Gasteiger partial charge on any atom is 0.289 e. The second-order valence-electron chi connectivity index (χ2n) is 8.05. The van der Waals surface area contributed by atoms with E-state index < -0.39 is 0 Å². The molecule has 30 heavy (non-hydrogen) atoms. The molecule has 1 aromatic carbocycles. The minimum atomic E-state index is -0.169. The van der Waals surface area contributed by atoms with E-state index in [9.17, 15) is 9.59 Å². The van der Waals surface area contributed by atoms with E-state index in [1.54, 1.807) is 17.0 Å². The van der Waals surface area contributed by atoms with Crippen molar-refractivity contribution in [2.75, 3.05) is 13.1 Å². The minimum Gasteiger partial charge on any atom is -0.459 e. The van der Waals surface area contributed by atoms with Crippen molar-refractivity contribution in [3.05, 3.63) is 54.2 Å². The van der Waals surface area contributed by atoms with Crippen molar-refractivity contribution in [1.29, 1.82) is 0 Å². The highest BCUT2D eigenvalue weighted by molar-refractivity contribution is 5.91. The standard InChI is InChI=1S/C23H28N4O3/c1-3-15(2)20(21-24-17-7-4-5-8-18(17)25-21)26-22(28)16-10-12-27(13-11-16)23(29)19-9-6-14-30-19/h4-9,14-16,20H,3,10-13H2,1-2H3,(H,24,25)(H,26,28). The summed E-state index contributed by atoms with van der Waals surface area (Å²) < 4.78 is 5.21. The summed E-state index contributed by atoms with van der Waals surface area (Å²) >= 11 is 0. The predicted molar refractivity (Wildman–Crippen MR) is 114 cm³/mol. The van der Waals surface area contributed by atoms with Gasteiger partial charge in [-0.25, -0.2) is 4.98 Å². The van der Waals surface area contributed by atoms with Gasteiger partial charge in [0, 0.05) is 19.0 Å². The highest BCUT2D eigenvalue weighted by atomic mass is 16.3. The lowest BCUT2D eigenvalue weighted by Gasteiger charge is -2.32. The van der Waals surface area contributed by atoms with Crippen LogP contribution >= 0.6 is 0 Å². The number of nitrogens with zero attached hydrogens (tertiary/aromatic N) is 2. The van der Waals surface area contributed by atoms with Crippen molar-refractivity contribution in [2.45, 2.75) is 39.2 Å². The van der Waals surface area contributed by atoms with Gasteiger partial charge in [-0.2, -0.15) is 0 Å². The van der Waals surface area contributed by atoms with E-state index in [0.29, 0.717) is 31.7 Å². The number of hydrogen-bond donors (Lipinski definition) is 2. The smallest absolute Gasteiger partial charge is 0.289 e. The third kappa shape index (κ3) is 4.10. The molecule has 0 aliphatic carbocycles. The van der Waals surface area contributed by atoms with Crippen LogP contribution in [0.3, 0.4) is 0 Å². The molecule has 3 heterocycles. The second kappa shape index (κ2) is 8.73. The second-order valence-corrected chi connectivity index (χ2v) is 8.05. The van der Waals surface area contributed by atoms with Crippen molar-refractivity contribution in [3.8, 4) is 0 Å². The molecule has 1 aliphatic rings. The number of piperidine rings is 1. The number of para-hydroxylation sites is 2. The molecule has 1 aliphatic heterocycles. The Kier molecular flexibility index (Phi) is 5.88. The van der Waals surface area contributed by atoms with Crippen molar-refractivity contribution >= 4 is 22.8 Å². The lowest BCUT2D eigenvalue weighted by atomic mass is 9.93. The molecule has 2 aromatic heterocycles. The lowest BCUT2D eigenvalue weighted by Crippen LogP contribution is -2.44. The molecule has 0 radical (unpaired) electrons. The molecule has 0 saturated carbocycles. The number of amides is 2. The summed E-state index contributed by atoms with van der Waals surface area (Å²) in [7, 11) is 0. The largest absolute Gasteiger partial charge is 0.459 e. The first-order chi connectivity index (χ1) is 14.6.